The third kappa shape index (κ3) is 1.76. The van der Waals surface area contributed by atoms with Gasteiger partial charge in [-0.3, -0.25) is 0 Å². The van der Waals surface area contributed by atoms with Crippen LogP contribution in [0.5, 0.6) is 0 Å². The lowest BCUT2D eigenvalue weighted by Gasteiger charge is -2.00. The first-order valence-electron chi connectivity index (χ1n) is 3.40. The van der Waals surface area contributed by atoms with Crippen LogP contribution in [0, 0.1) is 6.92 Å². The van der Waals surface area contributed by atoms with Crippen LogP contribution in [0.3, 0.4) is 0 Å². The predicted molar refractivity (Wildman–Crippen MR) is 47.7 cm³/mol. The SMILES string of the molecule is CSc1ccc(C(=O)O)c(C)n1. The Labute approximate surface area is 74.8 Å². The van der Waals surface area contributed by atoms with E-state index in [9.17, 15) is 4.79 Å². The normalized spacial score (nSPS) is 9.83. The summed E-state index contributed by atoms with van der Waals surface area (Å²) in [5.74, 6) is -0.923. The number of hydrogen-bond acceptors (Lipinski definition) is 3. The fourth-order valence-corrected chi connectivity index (χ4v) is 1.31. The molecule has 4 heteroatoms. The molecule has 0 saturated heterocycles. The first kappa shape index (κ1) is 9.06. The Bertz CT molecular complexity index is 312. The molecule has 0 aliphatic carbocycles. The highest BCUT2D eigenvalue weighted by Gasteiger charge is 2.07. The van der Waals surface area contributed by atoms with Gasteiger partial charge in [0, 0.05) is 0 Å². The van der Waals surface area contributed by atoms with Crippen molar-refractivity contribution in [3.63, 3.8) is 0 Å². The van der Waals surface area contributed by atoms with Gasteiger partial charge in [0.05, 0.1) is 16.3 Å². The summed E-state index contributed by atoms with van der Waals surface area (Å²) in [5.41, 5.74) is 0.835. The van der Waals surface area contributed by atoms with E-state index in [1.165, 1.54) is 11.8 Å². The fraction of sp³-hybridized carbons (Fsp3) is 0.250. The highest BCUT2D eigenvalue weighted by molar-refractivity contribution is 7.98. The summed E-state index contributed by atoms with van der Waals surface area (Å²) in [6, 6.07) is 3.29. The second kappa shape index (κ2) is 3.58. The number of aryl methyl sites for hydroxylation is 1. The van der Waals surface area contributed by atoms with Crippen LogP contribution in [-0.4, -0.2) is 22.3 Å². The minimum absolute atomic E-state index is 0.271. The van der Waals surface area contributed by atoms with E-state index in [2.05, 4.69) is 4.98 Å². The molecule has 1 N–H and O–H groups in total. The number of aromatic carboxylic acids is 1. The van der Waals surface area contributed by atoms with Crippen molar-refractivity contribution in [3.05, 3.63) is 23.4 Å². The van der Waals surface area contributed by atoms with Crippen molar-refractivity contribution in [2.75, 3.05) is 6.26 Å². The lowest BCUT2D eigenvalue weighted by molar-refractivity contribution is 0.0695. The largest absolute Gasteiger partial charge is 0.478 e. The quantitative estimate of drug-likeness (QED) is 0.710. The molecular formula is C8H9NO2S. The Kier molecular flexibility index (Phi) is 2.70. The highest BCUT2D eigenvalue weighted by Crippen LogP contribution is 2.14. The maximum atomic E-state index is 10.6. The van der Waals surface area contributed by atoms with Crippen LogP contribution in [0.15, 0.2) is 17.2 Å². The minimum Gasteiger partial charge on any atom is -0.478 e. The van der Waals surface area contributed by atoms with Gasteiger partial charge in [-0.05, 0) is 25.3 Å². The zero-order valence-corrected chi connectivity index (χ0v) is 7.68. The van der Waals surface area contributed by atoms with Gasteiger partial charge in [-0.15, -0.1) is 11.8 Å². The van der Waals surface area contributed by atoms with Crippen LogP contribution in [0.2, 0.25) is 0 Å². The Hall–Kier alpha value is -1.03. The number of rotatable bonds is 2. The fourth-order valence-electron chi connectivity index (χ4n) is 0.878. The number of aromatic nitrogens is 1. The van der Waals surface area contributed by atoms with Crippen LogP contribution in [0.4, 0.5) is 0 Å². The van der Waals surface area contributed by atoms with Crippen molar-refractivity contribution in [3.8, 4) is 0 Å². The second-order valence-electron chi connectivity index (χ2n) is 2.29. The summed E-state index contributed by atoms with van der Waals surface area (Å²) >= 11 is 1.50. The lowest BCUT2D eigenvalue weighted by atomic mass is 10.2. The molecular weight excluding hydrogens is 174 g/mol. The van der Waals surface area contributed by atoms with E-state index in [1.54, 1.807) is 19.1 Å². The van der Waals surface area contributed by atoms with Crippen molar-refractivity contribution in [2.45, 2.75) is 11.9 Å². The number of hydrogen-bond donors (Lipinski definition) is 1. The summed E-state index contributed by atoms with van der Waals surface area (Å²) < 4.78 is 0. The van der Waals surface area contributed by atoms with Crippen LogP contribution in [0.25, 0.3) is 0 Å². The third-order valence-corrected chi connectivity index (χ3v) is 2.15. The van der Waals surface area contributed by atoms with Crippen LogP contribution in [0.1, 0.15) is 16.1 Å². The van der Waals surface area contributed by atoms with E-state index >= 15 is 0 Å². The van der Waals surface area contributed by atoms with Gasteiger partial charge in [0.2, 0.25) is 0 Å². The molecule has 1 heterocycles. The van der Waals surface area contributed by atoms with E-state index in [-0.39, 0.29) is 5.56 Å². The monoisotopic (exact) mass is 183 g/mol. The summed E-state index contributed by atoms with van der Waals surface area (Å²) in [4.78, 5) is 14.7. The van der Waals surface area contributed by atoms with Gasteiger partial charge in [0.1, 0.15) is 0 Å². The Morgan fingerprint density at radius 3 is 2.67 bits per heavy atom. The van der Waals surface area contributed by atoms with Crippen LogP contribution >= 0.6 is 11.8 Å². The Morgan fingerprint density at radius 2 is 2.25 bits per heavy atom. The molecule has 0 saturated carbocycles. The highest BCUT2D eigenvalue weighted by atomic mass is 32.2. The zero-order chi connectivity index (χ0) is 9.14. The second-order valence-corrected chi connectivity index (χ2v) is 3.12. The van der Waals surface area contributed by atoms with Gasteiger partial charge in [0.15, 0.2) is 0 Å². The van der Waals surface area contributed by atoms with E-state index in [0.717, 1.165) is 5.03 Å². The van der Waals surface area contributed by atoms with Crippen molar-refractivity contribution in [1.82, 2.24) is 4.98 Å². The van der Waals surface area contributed by atoms with Gasteiger partial charge in [-0.2, -0.15) is 0 Å². The van der Waals surface area contributed by atoms with Gasteiger partial charge < -0.3 is 5.11 Å². The molecule has 0 amide bonds. The number of thioether (sulfide) groups is 1. The van der Waals surface area contributed by atoms with Gasteiger partial charge >= 0.3 is 5.97 Å². The van der Waals surface area contributed by atoms with E-state index < -0.39 is 5.97 Å². The maximum absolute atomic E-state index is 10.6. The minimum atomic E-state index is -0.923. The number of carboxylic acids is 1. The topological polar surface area (TPSA) is 50.2 Å². The average molecular weight is 183 g/mol. The molecule has 3 nitrogen and oxygen atoms in total. The van der Waals surface area contributed by atoms with Crippen molar-refractivity contribution < 1.29 is 9.90 Å². The van der Waals surface area contributed by atoms with E-state index in [4.69, 9.17) is 5.11 Å². The molecule has 1 aromatic heterocycles. The first-order valence-corrected chi connectivity index (χ1v) is 4.62. The third-order valence-electron chi connectivity index (χ3n) is 1.50. The van der Waals surface area contributed by atoms with E-state index in [0.29, 0.717) is 5.69 Å². The Balaban J connectivity index is 3.12. The number of carbonyl (C=O) groups is 1. The standard InChI is InChI=1S/C8H9NO2S/c1-5-6(8(10)11)3-4-7(9-5)12-2/h3-4H,1-2H3,(H,10,11). The van der Waals surface area contributed by atoms with E-state index in [1.807, 2.05) is 6.26 Å². The van der Waals surface area contributed by atoms with Gasteiger partial charge in [0.25, 0.3) is 0 Å². The molecule has 1 aromatic rings. The summed E-state index contributed by atoms with van der Waals surface area (Å²) in [7, 11) is 0. The average Bonchev–Trinajstić information content (AvgIpc) is 2.03. The number of pyridine rings is 1. The number of carboxylic acid groups (broad SMARTS) is 1. The van der Waals surface area contributed by atoms with Crippen molar-refractivity contribution >= 4 is 17.7 Å². The molecule has 0 unspecified atom stereocenters. The molecule has 0 atom stereocenters. The zero-order valence-electron chi connectivity index (χ0n) is 6.87. The lowest BCUT2D eigenvalue weighted by Crippen LogP contribution is -2.01. The predicted octanol–water partition coefficient (Wildman–Crippen LogP) is 1.81. The smallest absolute Gasteiger partial charge is 0.337 e. The van der Waals surface area contributed by atoms with Crippen molar-refractivity contribution in [2.24, 2.45) is 0 Å². The number of nitrogens with zero attached hydrogens (tertiary/aromatic N) is 1. The molecule has 0 aromatic carbocycles. The molecule has 1 rings (SSSR count). The molecule has 64 valence electrons. The first-order chi connectivity index (χ1) is 5.65. The van der Waals surface area contributed by atoms with Gasteiger partial charge in [-0.25, -0.2) is 9.78 Å². The molecule has 12 heavy (non-hydrogen) atoms. The molecule has 0 spiro atoms. The molecule has 0 aliphatic rings. The van der Waals surface area contributed by atoms with Crippen molar-refractivity contribution in [1.29, 1.82) is 0 Å². The van der Waals surface area contributed by atoms with Crippen LogP contribution in [-0.2, 0) is 0 Å². The molecule has 0 fully saturated rings. The molecule has 0 radical (unpaired) electrons. The molecule has 0 aliphatic heterocycles. The van der Waals surface area contributed by atoms with Crippen LogP contribution < -0.4 is 0 Å². The summed E-state index contributed by atoms with van der Waals surface area (Å²) in [6.07, 6.45) is 1.90. The Morgan fingerprint density at radius 1 is 1.58 bits per heavy atom. The summed E-state index contributed by atoms with van der Waals surface area (Å²) in [5, 5.41) is 9.53. The summed E-state index contributed by atoms with van der Waals surface area (Å²) in [6.45, 7) is 1.70. The van der Waals surface area contributed by atoms with Gasteiger partial charge in [-0.1, -0.05) is 0 Å². The maximum Gasteiger partial charge on any atom is 0.337 e. The molecule has 0 bridgehead atoms.